The van der Waals surface area contributed by atoms with Crippen molar-refractivity contribution >= 4 is 28.5 Å². The minimum atomic E-state index is -0.546. The summed E-state index contributed by atoms with van der Waals surface area (Å²) in [6, 6.07) is 22.5. The first kappa shape index (κ1) is 18.1. The summed E-state index contributed by atoms with van der Waals surface area (Å²) in [5.74, 6) is -0.957. The molecule has 0 N–H and O–H groups in total. The fraction of sp³-hybridized carbons (Fsp3) is 0.0435. The van der Waals surface area contributed by atoms with Gasteiger partial charge in [-0.3, -0.25) is 0 Å². The predicted molar refractivity (Wildman–Crippen MR) is 108 cm³/mol. The Balaban J connectivity index is 1.74. The van der Waals surface area contributed by atoms with E-state index in [1.807, 2.05) is 36.4 Å². The largest absolute Gasteiger partial charge is 0.457 e. The number of aromatic nitrogens is 1. The standard InChI is InChI=1S/C23H15ClFNO2/c24-19-10-4-2-9-17(19)22-13-18(16-8-3-6-12-21(16)26-22)23(27)28-14-15-7-1-5-11-20(15)25/h1-13H,14H2. The minimum Gasteiger partial charge on any atom is -0.457 e. The van der Waals surface area contributed by atoms with Crippen LogP contribution >= 0.6 is 11.6 Å². The van der Waals surface area contributed by atoms with Crippen LogP contribution in [0.5, 0.6) is 0 Å². The highest BCUT2D eigenvalue weighted by Gasteiger charge is 2.17. The highest BCUT2D eigenvalue weighted by molar-refractivity contribution is 6.33. The van der Waals surface area contributed by atoms with Gasteiger partial charge in [0.05, 0.1) is 16.8 Å². The molecule has 0 spiro atoms. The van der Waals surface area contributed by atoms with Gasteiger partial charge in [0.2, 0.25) is 0 Å². The average molecular weight is 392 g/mol. The zero-order valence-corrected chi connectivity index (χ0v) is 15.5. The van der Waals surface area contributed by atoms with Crippen LogP contribution in [0.1, 0.15) is 15.9 Å². The molecule has 3 aromatic carbocycles. The van der Waals surface area contributed by atoms with Gasteiger partial charge in [-0.2, -0.15) is 0 Å². The Morgan fingerprint density at radius 3 is 2.50 bits per heavy atom. The van der Waals surface area contributed by atoms with Crippen LogP contribution in [0.15, 0.2) is 78.9 Å². The summed E-state index contributed by atoms with van der Waals surface area (Å²) in [6.45, 7) is -0.149. The number of esters is 1. The molecule has 28 heavy (non-hydrogen) atoms. The molecule has 0 amide bonds. The Morgan fingerprint density at radius 2 is 1.68 bits per heavy atom. The van der Waals surface area contributed by atoms with Crippen LogP contribution in [-0.4, -0.2) is 11.0 Å². The summed E-state index contributed by atoms with van der Waals surface area (Å²) in [7, 11) is 0. The summed E-state index contributed by atoms with van der Waals surface area (Å²) in [5.41, 5.74) is 2.62. The van der Waals surface area contributed by atoms with Crippen molar-refractivity contribution in [1.82, 2.24) is 4.98 Å². The Morgan fingerprint density at radius 1 is 0.964 bits per heavy atom. The Kier molecular flexibility index (Phi) is 5.04. The van der Waals surface area contributed by atoms with E-state index < -0.39 is 11.8 Å². The number of ether oxygens (including phenoxy) is 1. The number of pyridine rings is 1. The van der Waals surface area contributed by atoms with E-state index in [1.54, 1.807) is 36.4 Å². The number of carbonyl (C=O) groups excluding carboxylic acids is 1. The van der Waals surface area contributed by atoms with Crippen molar-refractivity contribution in [1.29, 1.82) is 0 Å². The first-order valence-corrected chi connectivity index (χ1v) is 9.06. The molecule has 4 rings (SSSR count). The van der Waals surface area contributed by atoms with E-state index in [0.717, 1.165) is 5.56 Å². The van der Waals surface area contributed by atoms with Crippen molar-refractivity contribution in [2.24, 2.45) is 0 Å². The maximum Gasteiger partial charge on any atom is 0.339 e. The van der Waals surface area contributed by atoms with E-state index in [-0.39, 0.29) is 6.61 Å². The second-order valence-corrected chi connectivity index (χ2v) is 6.63. The first-order valence-electron chi connectivity index (χ1n) is 8.69. The van der Waals surface area contributed by atoms with Gasteiger partial charge in [0.25, 0.3) is 0 Å². The third-order valence-electron chi connectivity index (χ3n) is 4.40. The summed E-state index contributed by atoms with van der Waals surface area (Å²) in [5, 5.41) is 1.20. The topological polar surface area (TPSA) is 39.2 Å². The van der Waals surface area contributed by atoms with Gasteiger partial charge in [-0.25, -0.2) is 14.2 Å². The first-order chi connectivity index (χ1) is 13.6. The van der Waals surface area contributed by atoms with Gasteiger partial charge in [-0.15, -0.1) is 0 Å². The van der Waals surface area contributed by atoms with Gasteiger partial charge < -0.3 is 4.74 Å². The van der Waals surface area contributed by atoms with Crippen LogP contribution in [0, 0.1) is 5.82 Å². The molecule has 0 aliphatic heterocycles. The predicted octanol–water partition coefficient (Wildman–Crippen LogP) is 6.05. The Bertz CT molecular complexity index is 1180. The average Bonchev–Trinajstić information content (AvgIpc) is 2.72. The molecule has 3 nitrogen and oxygen atoms in total. The number of fused-ring (bicyclic) bond motifs is 1. The number of hydrogen-bond donors (Lipinski definition) is 0. The van der Waals surface area contributed by atoms with Crippen LogP contribution in [-0.2, 0) is 11.3 Å². The van der Waals surface area contributed by atoms with Crippen molar-refractivity contribution < 1.29 is 13.9 Å². The molecule has 4 aromatic rings. The summed E-state index contributed by atoms with van der Waals surface area (Å²) in [6.07, 6.45) is 0. The van der Waals surface area contributed by atoms with E-state index in [9.17, 15) is 9.18 Å². The second kappa shape index (κ2) is 7.79. The summed E-state index contributed by atoms with van der Waals surface area (Å²) < 4.78 is 19.2. The van der Waals surface area contributed by atoms with Crippen molar-refractivity contribution in [2.75, 3.05) is 0 Å². The van der Waals surface area contributed by atoms with Crippen molar-refractivity contribution in [2.45, 2.75) is 6.61 Å². The van der Waals surface area contributed by atoms with Gasteiger partial charge in [0.1, 0.15) is 12.4 Å². The Hall–Kier alpha value is -3.24. The molecular weight excluding hydrogens is 377 g/mol. The van der Waals surface area contributed by atoms with Crippen molar-refractivity contribution in [3.8, 4) is 11.3 Å². The lowest BCUT2D eigenvalue weighted by molar-refractivity contribution is 0.0471. The molecule has 0 unspecified atom stereocenters. The molecule has 0 bridgehead atoms. The molecular formula is C23H15ClFNO2. The number of carbonyl (C=O) groups is 1. The molecule has 0 aliphatic rings. The number of hydrogen-bond acceptors (Lipinski definition) is 3. The molecule has 0 atom stereocenters. The molecule has 1 aromatic heterocycles. The SMILES string of the molecule is O=C(OCc1ccccc1F)c1cc(-c2ccccc2Cl)nc2ccccc12. The van der Waals surface area contributed by atoms with Crippen LogP contribution < -0.4 is 0 Å². The van der Waals surface area contributed by atoms with Gasteiger partial charge in [0, 0.05) is 21.5 Å². The van der Waals surface area contributed by atoms with E-state index >= 15 is 0 Å². The number of para-hydroxylation sites is 1. The third-order valence-corrected chi connectivity index (χ3v) is 4.73. The quantitative estimate of drug-likeness (QED) is 0.397. The van der Waals surface area contributed by atoms with Crippen LogP contribution in [0.4, 0.5) is 4.39 Å². The molecule has 0 saturated carbocycles. The molecule has 1 heterocycles. The third kappa shape index (κ3) is 3.59. The van der Waals surface area contributed by atoms with Gasteiger partial charge in [0.15, 0.2) is 0 Å². The molecule has 0 fully saturated rings. The normalized spacial score (nSPS) is 10.8. The highest BCUT2D eigenvalue weighted by Crippen LogP contribution is 2.30. The Labute approximate surface area is 166 Å². The second-order valence-electron chi connectivity index (χ2n) is 6.22. The van der Waals surface area contributed by atoms with E-state index in [1.165, 1.54) is 6.07 Å². The number of nitrogens with zero attached hydrogens (tertiary/aromatic N) is 1. The van der Waals surface area contributed by atoms with Crippen molar-refractivity contribution in [3.63, 3.8) is 0 Å². The maximum absolute atomic E-state index is 13.8. The fourth-order valence-electron chi connectivity index (χ4n) is 2.99. The lowest BCUT2D eigenvalue weighted by Gasteiger charge is -2.11. The lowest BCUT2D eigenvalue weighted by Crippen LogP contribution is -2.08. The minimum absolute atomic E-state index is 0.149. The molecule has 0 radical (unpaired) electrons. The van der Waals surface area contributed by atoms with Gasteiger partial charge >= 0.3 is 5.97 Å². The van der Waals surface area contributed by atoms with E-state index in [2.05, 4.69) is 4.98 Å². The number of rotatable bonds is 4. The van der Waals surface area contributed by atoms with Gasteiger partial charge in [-0.05, 0) is 24.3 Å². The summed E-state index contributed by atoms with van der Waals surface area (Å²) >= 11 is 6.30. The highest BCUT2D eigenvalue weighted by atomic mass is 35.5. The zero-order chi connectivity index (χ0) is 19.5. The smallest absolute Gasteiger partial charge is 0.339 e. The zero-order valence-electron chi connectivity index (χ0n) is 14.7. The molecule has 0 saturated heterocycles. The maximum atomic E-state index is 13.8. The van der Waals surface area contributed by atoms with Crippen LogP contribution in [0.2, 0.25) is 5.02 Å². The van der Waals surface area contributed by atoms with Crippen LogP contribution in [0.3, 0.4) is 0 Å². The van der Waals surface area contributed by atoms with Crippen LogP contribution in [0.25, 0.3) is 22.2 Å². The number of benzene rings is 3. The number of halogens is 2. The fourth-order valence-corrected chi connectivity index (χ4v) is 3.22. The monoisotopic (exact) mass is 391 g/mol. The molecule has 0 aliphatic carbocycles. The van der Waals surface area contributed by atoms with E-state index in [0.29, 0.717) is 32.7 Å². The van der Waals surface area contributed by atoms with Crippen molar-refractivity contribution in [3.05, 3.63) is 101 Å². The molecule has 138 valence electrons. The van der Waals surface area contributed by atoms with E-state index in [4.69, 9.17) is 16.3 Å². The molecule has 5 heteroatoms. The lowest BCUT2D eigenvalue weighted by atomic mass is 10.0. The van der Waals surface area contributed by atoms with Gasteiger partial charge in [-0.1, -0.05) is 66.2 Å². The summed E-state index contributed by atoms with van der Waals surface area (Å²) in [4.78, 5) is 17.4.